The lowest BCUT2D eigenvalue weighted by atomic mass is 10.0. The Kier molecular flexibility index (Phi) is 4.99. The Labute approximate surface area is 162 Å². The Bertz CT molecular complexity index is 1000. The fraction of sp³-hybridized carbons (Fsp3) is 0.333. The quantitative estimate of drug-likeness (QED) is 0.579. The second kappa shape index (κ2) is 7.56. The Hall–Kier alpha value is -2.60. The van der Waals surface area contributed by atoms with Crippen molar-refractivity contribution in [1.82, 2.24) is 4.98 Å². The average molecular weight is 382 g/mol. The van der Waals surface area contributed by atoms with Gasteiger partial charge in [0.25, 0.3) is 5.91 Å². The number of H-pyrrole nitrogens is 1. The number of nitrogens with two attached hydrogens (primary N) is 1. The number of hydrogen-bond donors (Lipinski definition) is 3. The van der Waals surface area contributed by atoms with Gasteiger partial charge in [0.1, 0.15) is 5.00 Å². The molecule has 5 nitrogen and oxygen atoms in total. The number of para-hydroxylation sites is 1. The molecule has 27 heavy (non-hydrogen) atoms. The van der Waals surface area contributed by atoms with E-state index in [1.54, 1.807) is 0 Å². The lowest BCUT2D eigenvalue weighted by Crippen LogP contribution is -2.18. The van der Waals surface area contributed by atoms with Crippen LogP contribution in [-0.4, -0.2) is 16.8 Å². The van der Waals surface area contributed by atoms with Crippen LogP contribution in [0.15, 0.2) is 30.5 Å². The van der Waals surface area contributed by atoms with Gasteiger partial charge >= 0.3 is 0 Å². The van der Waals surface area contributed by atoms with E-state index in [9.17, 15) is 9.59 Å². The van der Waals surface area contributed by atoms with Crippen LogP contribution in [0, 0.1) is 0 Å². The van der Waals surface area contributed by atoms with E-state index < -0.39 is 5.91 Å². The van der Waals surface area contributed by atoms with Gasteiger partial charge in [0, 0.05) is 28.4 Å². The lowest BCUT2D eigenvalue weighted by molar-refractivity contribution is -0.116. The van der Waals surface area contributed by atoms with Crippen LogP contribution in [0.3, 0.4) is 0 Å². The zero-order valence-electron chi connectivity index (χ0n) is 15.1. The number of primary amides is 1. The van der Waals surface area contributed by atoms with Crippen molar-refractivity contribution in [3.05, 3.63) is 52.0 Å². The number of hydrogen-bond acceptors (Lipinski definition) is 3. The van der Waals surface area contributed by atoms with Crippen LogP contribution in [-0.2, 0) is 24.1 Å². The number of amides is 2. The van der Waals surface area contributed by atoms with Crippen molar-refractivity contribution in [3.63, 3.8) is 0 Å². The molecule has 4 N–H and O–H groups in total. The number of aromatic amines is 1. The maximum Gasteiger partial charge on any atom is 0.251 e. The van der Waals surface area contributed by atoms with E-state index in [4.69, 9.17) is 5.73 Å². The zero-order valence-corrected chi connectivity index (χ0v) is 16.0. The summed E-state index contributed by atoms with van der Waals surface area (Å²) < 4.78 is 0. The fourth-order valence-electron chi connectivity index (χ4n) is 3.87. The number of thiophene rings is 1. The molecule has 6 heteroatoms. The Morgan fingerprint density at radius 3 is 2.81 bits per heavy atom. The lowest BCUT2D eigenvalue weighted by Gasteiger charge is -2.06. The minimum atomic E-state index is -0.443. The smallest absolute Gasteiger partial charge is 0.251 e. The number of benzene rings is 1. The second-order valence-electron chi connectivity index (χ2n) is 7.04. The fourth-order valence-corrected chi connectivity index (χ4v) is 5.18. The first-order valence-electron chi connectivity index (χ1n) is 9.42. The van der Waals surface area contributed by atoms with Gasteiger partial charge in [0.05, 0.1) is 5.56 Å². The molecule has 2 heterocycles. The molecule has 0 saturated carbocycles. The highest BCUT2D eigenvalue weighted by molar-refractivity contribution is 7.17. The number of aryl methyl sites for hydroxylation is 2. The average Bonchev–Trinajstić information content (AvgIpc) is 3.13. The van der Waals surface area contributed by atoms with Crippen LogP contribution in [0.4, 0.5) is 5.00 Å². The van der Waals surface area contributed by atoms with Crippen molar-refractivity contribution in [2.75, 3.05) is 5.32 Å². The highest BCUT2D eigenvalue weighted by Gasteiger charge is 2.24. The maximum absolute atomic E-state index is 12.5. The number of rotatable bonds is 5. The van der Waals surface area contributed by atoms with Crippen LogP contribution < -0.4 is 11.1 Å². The monoisotopic (exact) mass is 381 g/mol. The van der Waals surface area contributed by atoms with Crippen LogP contribution in [0.1, 0.15) is 52.0 Å². The third-order valence-electron chi connectivity index (χ3n) is 5.22. The van der Waals surface area contributed by atoms with Gasteiger partial charge in [-0.05, 0) is 49.3 Å². The van der Waals surface area contributed by atoms with Gasteiger partial charge in [-0.25, -0.2) is 0 Å². The predicted octanol–water partition coefficient (Wildman–Crippen LogP) is 4.17. The first kappa shape index (κ1) is 17.8. The molecule has 0 radical (unpaired) electrons. The highest BCUT2D eigenvalue weighted by atomic mass is 32.1. The Balaban J connectivity index is 1.49. The van der Waals surface area contributed by atoms with Crippen molar-refractivity contribution in [1.29, 1.82) is 0 Å². The normalized spacial score (nSPS) is 13.9. The van der Waals surface area contributed by atoms with Gasteiger partial charge in [-0.15, -0.1) is 11.3 Å². The summed E-state index contributed by atoms with van der Waals surface area (Å²) in [5, 5.41) is 4.72. The molecule has 4 rings (SSSR count). The molecular weight excluding hydrogens is 358 g/mol. The van der Waals surface area contributed by atoms with Gasteiger partial charge in [0.2, 0.25) is 5.91 Å². The predicted molar refractivity (Wildman–Crippen MR) is 109 cm³/mol. The zero-order chi connectivity index (χ0) is 18.8. The van der Waals surface area contributed by atoms with Crippen molar-refractivity contribution in [3.8, 4) is 0 Å². The van der Waals surface area contributed by atoms with E-state index in [1.807, 2.05) is 24.4 Å². The molecule has 0 bridgehead atoms. The first-order valence-corrected chi connectivity index (χ1v) is 10.2. The van der Waals surface area contributed by atoms with E-state index in [2.05, 4.69) is 16.4 Å². The molecule has 2 aromatic heterocycles. The summed E-state index contributed by atoms with van der Waals surface area (Å²) in [4.78, 5) is 29.0. The van der Waals surface area contributed by atoms with Crippen molar-refractivity contribution in [2.24, 2.45) is 5.73 Å². The van der Waals surface area contributed by atoms with Gasteiger partial charge in [0.15, 0.2) is 0 Å². The van der Waals surface area contributed by atoms with Gasteiger partial charge in [-0.3, -0.25) is 9.59 Å². The van der Waals surface area contributed by atoms with Crippen LogP contribution in [0.5, 0.6) is 0 Å². The number of nitrogens with one attached hydrogen (secondary N) is 2. The molecule has 0 unspecified atom stereocenters. The molecular formula is C21H23N3O2S. The molecule has 2 amide bonds. The third kappa shape index (κ3) is 3.62. The summed E-state index contributed by atoms with van der Waals surface area (Å²) in [6, 6.07) is 8.07. The molecule has 1 aromatic carbocycles. The second-order valence-corrected chi connectivity index (χ2v) is 8.15. The topological polar surface area (TPSA) is 88.0 Å². The number of carbonyl (C=O) groups excluding carboxylic acids is 2. The van der Waals surface area contributed by atoms with E-state index in [-0.39, 0.29) is 5.91 Å². The molecule has 140 valence electrons. The number of aromatic nitrogens is 1. The van der Waals surface area contributed by atoms with Gasteiger partial charge in [-0.2, -0.15) is 0 Å². The number of carbonyl (C=O) groups is 2. The van der Waals surface area contributed by atoms with Crippen LogP contribution in [0.25, 0.3) is 10.9 Å². The Morgan fingerprint density at radius 2 is 1.96 bits per heavy atom. The van der Waals surface area contributed by atoms with Gasteiger partial charge < -0.3 is 16.0 Å². The summed E-state index contributed by atoms with van der Waals surface area (Å²) in [5.74, 6) is -0.527. The largest absolute Gasteiger partial charge is 0.365 e. The minimum absolute atomic E-state index is 0.0841. The highest BCUT2D eigenvalue weighted by Crippen LogP contribution is 2.37. The van der Waals surface area contributed by atoms with Crippen LogP contribution >= 0.6 is 11.3 Å². The summed E-state index contributed by atoms with van der Waals surface area (Å²) in [5.41, 5.74) is 9.41. The summed E-state index contributed by atoms with van der Waals surface area (Å²) >= 11 is 1.52. The minimum Gasteiger partial charge on any atom is -0.365 e. The third-order valence-corrected chi connectivity index (χ3v) is 6.42. The van der Waals surface area contributed by atoms with Gasteiger partial charge in [-0.1, -0.05) is 24.6 Å². The summed E-state index contributed by atoms with van der Waals surface area (Å²) in [7, 11) is 0. The molecule has 0 fully saturated rings. The SMILES string of the molecule is NC(=O)c1c(NC(=O)CCc2c[nH]c3ccccc23)sc2c1CCCCC2. The number of anilines is 1. The first-order chi connectivity index (χ1) is 13.1. The van der Waals surface area contributed by atoms with Crippen molar-refractivity contribution >= 4 is 39.1 Å². The summed E-state index contributed by atoms with van der Waals surface area (Å²) in [6.07, 6.45) is 8.17. The van der Waals surface area contributed by atoms with Crippen LogP contribution in [0.2, 0.25) is 0 Å². The number of fused-ring (bicyclic) bond motifs is 2. The van der Waals surface area contributed by atoms with Crippen molar-refractivity contribution in [2.45, 2.75) is 44.9 Å². The molecule has 1 aliphatic carbocycles. The Morgan fingerprint density at radius 1 is 1.15 bits per heavy atom. The molecule has 0 aliphatic heterocycles. The van der Waals surface area contributed by atoms with E-state index in [1.165, 1.54) is 22.6 Å². The standard InChI is InChI=1S/C21H23N3O2S/c22-20(26)19-15-7-2-1-3-9-17(15)27-21(19)24-18(25)11-10-13-12-23-16-8-5-4-6-14(13)16/h4-6,8,12,23H,1-3,7,9-11H2,(H2,22,26)(H,24,25). The molecule has 3 aromatic rings. The molecule has 0 saturated heterocycles. The molecule has 0 atom stereocenters. The van der Waals surface area contributed by atoms with E-state index >= 15 is 0 Å². The molecule has 0 spiro atoms. The van der Waals surface area contributed by atoms with Crippen molar-refractivity contribution < 1.29 is 9.59 Å². The van der Waals surface area contributed by atoms with E-state index in [0.29, 0.717) is 23.4 Å². The van der Waals surface area contributed by atoms with E-state index in [0.717, 1.165) is 47.7 Å². The molecule has 1 aliphatic rings. The maximum atomic E-state index is 12.5. The summed E-state index contributed by atoms with van der Waals surface area (Å²) in [6.45, 7) is 0.